The van der Waals surface area contributed by atoms with E-state index in [-0.39, 0.29) is 5.91 Å². The second kappa shape index (κ2) is 5.69. The van der Waals surface area contributed by atoms with Gasteiger partial charge in [0.15, 0.2) is 4.67 Å². The van der Waals surface area contributed by atoms with Gasteiger partial charge >= 0.3 is 0 Å². The summed E-state index contributed by atoms with van der Waals surface area (Å²) in [4.78, 5) is 13.9. The minimum absolute atomic E-state index is 0.0104. The van der Waals surface area contributed by atoms with Crippen molar-refractivity contribution in [2.24, 2.45) is 5.92 Å². The molecule has 1 aliphatic rings. The first-order chi connectivity index (χ1) is 8.18. The van der Waals surface area contributed by atoms with Crippen LogP contribution in [0.25, 0.3) is 0 Å². The van der Waals surface area contributed by atoms with E-state index in [1.54, 1.807) is 11.0 Å². The Bertz CT molecular complexity index is 386. The summed E-state index contributed by atoms with van der Waals surface area (Å²) in [6, 6.07) is 1.70. The van der Waals surface area contributed by atoms with E-state index in [0.29, 0.717) is 16.2 Å². The SMILES string of the molecule is CN(CC1CCCNC1)C(=O)c1ccoc1Br. The van der Waals surface area contributed by atoms with Gasteiger partial charge in [-0.05, 0) is 53.8 Å². The molecule has 0 bridgehead atoms. The van der Waals surface area contributed by atoms with E-state index in [9.17, 15) is 4.79 Å². The van der Waals surface area contributed by atoms with Crippen LogP contribution in [-0.2, 0) is 0 Å². The third kappa shape index (κ3) is 3.10. The fraction of sp³-hybridized carbons (Fsp3) is 0.583. The molecule has 0 aromatic carbocycles. The number of furan rings is 1. The molecule has 0 aliphatic carbocycles. The van der Waals surface area contributed by atoms with Gasteiger partial charge in [-0.15, -0.1) is 0 Å². The second-order valence-corrected chi connectivity index (χ2v) is 5.23. The molecule has 0 spiro atoms. The fourth-order valence-corrected chi connectivity index (χ4v) is 2.61. The highest BCUT2D eigenvalue weighted by Crippen LogP contribution is 2.20. The van der Waals surface area contributed by atoms with Gasteiger partial charge in [-0.25, -0.2) is 0 Å². The first-order valence-electron chi connectivity index (χ1n) is 5.87. The van der Waals surface area contributed by atoms with Crippen LogP contribution in [0, 0.1) is 5.92 Å². The zero-order valence-corrected chi connectivity index (χ0v) is 11.5. The molecule has 94 valence electrons. The van der Waals surface area contributed by atoms with E-state index >= 15 is 0 Å². The van der Waals surface area contributed by atoms with E-state index in [1.807, 2.05) is 7.05 Å². The van der Waals surface area contributed by atoms with Crippen molar-refractivity contribution in [2.45, 2.75) is 12.8 Å². The van der Waals surface area contributed by atoms with Crippen molar-refractivity contribution < 1.29 is 9.21 Å². The number of hydrogen-bond acceptors (Lipinski definition) is 3. The van der Waals surface area contributed by atoms with Gasteiger partial charge in [0, 0.05) is 13.6 Å². The monoisotopic (exact) mass is 300 g/mol. The Morgan fingerprint density at radius 3 is 3.12 bits per heavy atom. The molecule has 1 unspecified atom stereocenters. The highest BCUT2D eigenvalue weighted by Gasteiger charge is 2.21. The number of carbonyl (C=O) groups excluding carboxylic acids is 1. The normalized spacial score (nSPS) is 20.2. The molecular weight excluding hydrogens is 284 g/mol. The van der Waals surface area contributed by atoms with Gasteiger partial charge in [0.1, 0.15) is 0 Å². The Balaban J connectivity index is 1.93. The molecule has 1 amide bonds. The zero-order valence-electron chi connectivity index (χ0n) is 9.91. The average Bonchev–Trinajstić information content (AvgIpc) is 2.76. The molecule has 0 radical (unpaired) electrons. The predicted molar refractivity (Wildman–Crippen MR) is 69.0 cm³/mol. The summed E-state index contributed by atoms with van der Waals surface area (Å²) >= 11 is 3.23. The molecule has 1 N–H and O–H groups in total. The summed E-state index contributed by atoms with van der Waals surface area (Å²) in [7, 11) is 1.84. The van der Waals surface area contributed by atoms with Gasteiger partial charge in [-0.1, -0.05) is 0 Å². The number of carbonyl (C=O) groups is 1. The van der Waals surface area contributed by atoms with Crippen LogP contribution in [0.2, 0.25) is 0 Å². The van der Waals surface area contributed by atoms with Crippen LogP contribution in [0.5, 0.6) is 0 Å². The smallest absolute Gasteiger partial charge is 0.258 e. The van der Waals surface area contributed by atoms with Gasteiger partial charge in [-0.2, -0.15) is 0 Å². The molecule has 0 saturated carbocycles. The van der Waals surface area contributed by atoms with Crippen molar-refractivity contribution in [1.82, 2.24) is 10.2 Å². The predicted octanol–water partition coefficient (Wildman–Crippen LogP) is 2.11. The summed E-state index contributed by atoms with van der Waals surface area (Å²) in [6.07, 6.45) is 3.91. The average molecular weight is 301 g/mol. The quantitative estimate of drug-likeness (QED) is 0.930. The van der Waals surface area contributed by atoms with Crippen molar-refractivity contribution in [3.05, 3.63) is 22.6 Å². The summed E-state index contributed by atoms with van der Waals surface area (Å²) in [5, 5.41) is 3.36. The van der Waals surface area contributed by atoms with E-state index in [0.717, 1.165) is 19.6 Å². The maximum atomic E-state index is 12.1. The summed E-state index contributed by atoms with van der Waals surface area (Å²) in [5.74, 6) is 0.569. The van der Waals surface area contributed by atoms with Gasteiger partial charge in [0.25, 0.3) is 5.91 Å². The molecule has 1 saturated heterocycles. The van der Waals surface area contributed by atoms with Crippen LogP contribution >= 0.6 is 15.9 Å². The van der Waals surface area contributed by atoms with Crippen LogP contribution in [0.15, 0.2) is 21.4 Å². The lowest BCUT2D eigenvalue weighted by molar-refractivity contribution is 0.0763. The van der Waals surface area contributed by atoms with E-state index in [4.69, 9.17) is 4.42 Å². The minimum Gasteiger partial charge on any atom is -0.457 e. The van der Waals surface area contributed by atoms with Crippen LogP contribution < -0.4 is 5.32 Å². The fourth-order valence-electron chi connectivity index (χ4n) is 2.20. The van der Waals surface area contributed by atoms with Gasteiger partial charge in [-0.3, -0.25) is 4.79 Å². The van der Waals surface area contributed by atoms with E-state index in [1.165, 1.54) is 19.1 Å². The third-order valence-electron chi connectivity index (χ3n) is 3.13. The molecule has 1 aromatic heterocycles. The zero-order chi connectivity index (χ0) is 12.3. The Morgan fingerprint density at radius 1 is 1.71 bits per heavy atom. The number of nitrogens with zero attached hydrogens (tertiary/aromatic N) is 1. The Labute approximate surface area is 109 Å². The first kappa shape index (κ1) is 12.6. The standard InChI is InChI=1S/C12H17BrN2O2/c1-15(8-9-3-2-5-14-7-9)12(16)10-4-6-17-11(10)13/h4,6,9,14H,2-3,5,7-8H2,1H3. The maximum absolute atomic E-state index is 12.1. The first-order valence-corrected chi connectivity index (χ1v) is 6.67. The molecule has 4 nitrogen and oxygen atoms in total. The number of nitrogens with one attached hydrogen (secondary N) is 1. The molecule has 1 atom stereocenters. The van der Waals surface area contributed by atoms with Crippen molar-refractivity contribution in [1.29, 1.82) is 0 Å². The second-order valence-electron chi connectivity index (χ2n) is 4.51. The van der Waals surface area contributed by atoms with E-state index in [2.05, 4.69) is 21.2 Å². The lowest BCUT2D eigenvalue weighted by Gasteiger charge is -2.27. The molecule has 1 aromatic rings. The van der Waals surface area contributed by atoms with Crippen LogP contribution in [0.1, 0.15) is 23.2 Å². The van der Waals surface area contributed by atoms with Gasteiger partial charge < -0.3 is 14.6 Å². The number of hydrogen-bond donors (Lipinski definition) is 1. The molecule has 2 heterocycles. The number of halogens is 1. The minimum atomic E-state index is 0.0104. The van der Waals surface area contributed by atoms with Crippen LogP contribution in [0.3, 0.4) is 0 Å². The van der Waals surface area contributed by atoms with Crippen molar-refractivity contribution in [3.8, 4) is 0 Å². The highest BCUT2D eigenvalue weighted by atomic mass is 79.9. The molecule has 2 rings (SSSR count). The van der Waals surface area contributed by atoms with Crippen molar-refractivity contribution in [2.75, 3.05) is 26.7 Å². The Kier molecular flexibility index (Phi) is 4.23. The number of amides is 1. The lowest BCUT2D eigenvalue weighted by Crippen LogP contribution is -2.39. The van der Waals surface area contributed by atoms with Crippen LogP contribution in [0.4, 0.5) is 0 Å². The number of piperidine rings is 1. The molecule has 1 fully saturated rings. The van der Waals surface area contributed by atoms with Crippen molar-refractivity contribution in [3.63, 3.8) is 0 Å². The topological polar surface area (TPSA) is 45.5 Å². The Morgan fingerprint density at radius 2 is 2.53 bits per heavy atom. The highest BCUT2D eigenvalue weighted by molar-refractivity contribution is 9.10. The molecule has 17 heavy (non-hydrogen) atoms. The molecule has 5 heteroatoms. The summed E-state index contributed by atoms with van der Waals surface area (Å²) < 4.78 is 5.59. The third-order valence-corrected chi connectivity index (χ3v) is 3.74. The van der Waals surface area contributed by atoms with Crippen molar-refractivity contribution >= 4 is 21.8 Å². The molecule has 1 aliphatic heterocycles. The van der Waals surface area contributed by atoms with Crippen LogP contribution in [-0.4, -0.2) is 37.5 Å². The lowest BCUT2D eigenvalue weighted by atomic mass is 9.99. The van der Waals surface area contributed by atoms with E-state index < -0.39 is 0 Å². The Hall–Kier alpha value is -0.810. The maximum Gasteiger partial charge on any atom is 0.258 e. The summed E-state index contributed by atoms with van der Waals surface area (Å²) in [5.41, 5.74) is 0.594. The molecular formula is C12H17BrN2O2. The number of rotatable bonds is 3. The largest absolute Gasteiger partial charge is 0.457 e. The van der Waals surface area contributed by atoms with Gasteiger partial charge in [0.2, 0.25) is 0 Å². The van der Waals surface area contributed by atoms with Gasteiger partial charge in [0.05, 0.1) is 11.8 Å². The summed E-state index contributed by atoms with van der Waals surface area (Å²) in [6.45, 7) is 2.90.